The third-order valence-corrected chi connectivity index (χ3v) is 5.87. The molecular formula is C24H29IN4O3. The number of imide groups is 1. The highest BCUT2D eigenvalue weighted by atomic mass is 127. The molecule has 1 unspecified atom stereocenters. The van der Waals surface area contributed by atoms with Crippen LogP contribution in [0.4, 0.5) is 0 Å². The molecular weight excluding hydrogens is 519 g/mol. The summed E-state index contributed by atoms with van der Waals surface area (Å²) >= 11 is 0. The van der Waals surface area contributed by atoms with Crippen molar-refractivity contribution < 1.29 is 14.3 Å². The van der Waals surface area contributed by atoms with Crippen molar-refractivity contribution in [2.24, 2.45) is 4.99 Å². The molecule has 0 aliphatic carbocycles. The van der Waals surface area contributed by atoms with E-state index in [2.05, 4.69) is 22.3 Å². The highest BCUT2D eigenvalue weighted by Crippen LogP contribution is 2.28. The summed E-state index contributed by atoms with van der Waals surface area (Å²) in [7, 11) is 1.67. The third kappa shape index (κ3) is 4.90. The van der Waals surface area contributed by atoms with Crippen LogP contribution in [0.2, 0.25) is 0 Å². The number of aliphatic imine (C=N–C) groups is 1. The third-order valence-electron chi connectivity index (χ3n) is 5.87. The van der Waals surface area contributed by atoms with Crippen LogP contribution >= 0.6 is 24.0 Å². The molecule has 4 rings (SSSR count). The number of hydrogen-bond acceptors (Lipinski definition) is 4. The molecule has 1 atom stereocenters. The fraction of sp³-hybridized carbons (Fsp3) is 0.375. The van der Waals surface area contributed by atoms with E-state index in [1.54, 1.807) is 31.4 Å². The number of nitrogens with zero attached hydrogens (tertiary/aromatic N) is 3. The van der Waals surface area contributed by atoms with E-state index in [0.29, 0.717) is 23.6 Å². The number of fused-ring (bicyclic) bond motifs is 1. The van der Waals surface area contributed by atoms with Crippen molar-refractivity contribution in [1.82, 2.24) is 15.1 Å². The molecule has 0 aromatic heterocycles. The second-order valence-corrected chi connectivity index (χ2v) is 7.75. The standard InChI is InChI=1S/C24H28N4O3.HI/c1-3-25-24(27-14-12-18(16-27)17-8-10-19(31-2)11-9-17)26-13-15-28-22(29)20-6-4-5-7-21(20)23(28)30;/h4-11,18H,3,12-16H2,1-2H3,(H,25,26);1H. The van der Waals surface area contributed by atoms with Gasteiger partial charge in [0.1, 0.15) is 5.75 Å². The number of nitrogens with one attached hydrogen (secondary N) is 1. The zero-order valence-electron chi connectivity index (χ0n) is 18.4. The Morgan fingerprint density at radius 1 is 1.09 bits per heavy atom. The molecule has 8 heteroatoms. The van der Waals surface area contributed by atoms with Crippen molar-refractivity contribution in [3.05, 3.63) is 65.2 Å². The first-order chi connectivity index (χ1) is 15.1. The van der Waals surface area contributed by atoms with Gasteiger partial charge in [-0.15, -0.1) is 24.0 Å². The first kappa shape index (κ1) is 24.0. The van der Waals surface area contributed by atoms with Crippen molar-refractivity contribution in [2.45, 2.75) is 19.3 Å². The van der Waals surface area contributed by atoms with E-state index in [1.807, 2.05) is 19.1 Å². The van der Waals surface area contributed by atoms with Gasteiger partial charge in [-0.25, -0.2) is 0 Å². The lowest BCUT2D eigenvalue weighted by Gasteiger charge is -2.22. The summed E-state index contributed by atoms with van der Waals surface area (Å²) in [5.74, 6) is 1.66. The lowest BCUT2D eigenvalue weighted by Crippen LogP contribution is -2.41. The molecule has 1 fully saturated rings. The number of amides is 2. The van der Waals surface area contributed by atoms with E-state index in [0.717, 1.165) is 37.8 Å². The van der Waals surface area contributed by atoms with Gasteiger partial charge >= 0.3 is 0 Å². The second-order valence-electron chi connectivity index (χ2n) is 7.75. The first-order valence-electron chi connectivity index (χ1n) is 10.7. The van der Waals surface area contributed by atoms with Gasteiger partial charge in [-0.3, -0.25) is 19.5 Å². The van der Waals surface area contributed by atoms with Crippen LogP contribution in [0.15, 0.2) is 53.5 Å². The zero-order chi connectivity index (χ0) is 21.8. The lowest BCUT2D eigenvalue weighted by molar-refractivity contribution is 0.0659. The van der Waals surface area contributed by atoms with E-state index in [4.69, 9.17) is 9.73 Å². The molecule has 7 nitrogen and oxygen atoms in total. The lowest BCUT2D eigenvalue weighted by atomic mass is 9.98. The van der Waals surface area contributed by atoms with Crippen molar-refractivity contribution in [3.8, 4) is 5.75 Å². The highest BCUT2D eigenvalue weighted by molar-refractivity contribution is 14.0. The molecule has 2 aliphatic heterocycles. The van der Waals surface area contributed by atoms with Gasteiger partial charge in [0.15, 0.2) is 5.96 Å². The maximum atomic E-state index is 12.5. The molecule has 1 N–H and O–H groups in total. The normalized spacial score (nSPS) is 17.9. The fourth-order valence-electron chi connectivity index (χ4n) is 4.22. The SMILES string of the molecule is CCNC(=NCCN1C(=O)c2ccccc2C1=O)N1CCC(c2ccc(OC)cc2)C1.I. The Morgan fingerprint density at radius 3 is 2.34 bits per heavy atom. The number of halogens is 1. The molecule has 32 heavy (non-hydrogen) atoms. The van der Waals surface area contributed by atoms with E-state index in [9.17, 15) is 9.59 Å². The van der Waals surface area contributed by atoms with Crippen LogP contribution in [-0.4, -0.2) is 67.4 Å². The number of carbonyl (C=O) groups is 2. The second kappa shape index (κ2) is 10.8. The molecule has 2 amide bonds. The zero-order valence-corrected chi connectivity index (χ0v) is 20.7. The van der Waals surface area contributed by atoms with E-state index < -0.39 is 0 Å². The van der Waals surface area contributed by atoms with Gasteiger partial charge in [-0.05, 0) is 43.2 Å². The van der Waals surface area contributed by atoms with Crippen molar-refractivity contribution in [3.63, 3.8) is 0 Å². The summed E-state index contributed by atoms with van der Waals surface area (Å²) in [5, 5.41) is 3.35. The Hall–Kier alpha value is -2.62. The number of methoxy groups -OCH3 is 1. The fourth-order valence-corrected chi connectivity index (χ4v) is 4.22. The van der Waals surface area contributed by atoms with Gasteiger partial charge in [0, 0.05) is 32.1 Å². The topological polar surface area (TPSA) is 74.2 Å². The molecule has 2 aromatic carbocycles. The van der Waals surface area contributed by atoms with Crippen LogP contribution in [-0.2, 0) is 0 Å². The minimum atomic E-state index is -0.235. The number of hydrogen-bond donors (Lipinski definition) is 1. The molecule has 0 bridgehead atoms. The highest BCUT2D eigenvalue weighted by Gasteiger charge is 2.34. The van der Waals surface area contributed by atoms with Crippen molar-refractivity contribution in [2.75, 3.05) is 39.8 Å². The maximum absolute atomic E-state index is 12.5. The van der Waals surface area contributed by atoms with Gasteiger partial charge in [0.2, 0.25) is 0 Å². The van der Waals surface area contributed by atoms with Gasteiger partial charge in [0.25, 0.3) is 11.8 Å². The van der Waals surface area contributed by atoms with Gasteiger partial charge in [-0.1, -0.05) is 24.3 Å². The van der Waals surface area contributed by atoms with Crippen LogP contribution in [0, 0.1) is 0 Å². The molecule has 0 saturated carbocycles. The average Bonchev–Trinajstić information content (AvgIpc) is 3.38. The summed E-state index contributed by atoms with van der Waals surface area (Å²) in [6, 6.07) is 15.2. The molecule has 2 aromatic rings. The number of carbonyl (C=O) groups excluding carboxylic acids is 2. The number of guanidine groups is 1. The predicted molar refractivity (Wildman–Crippen MR) is 135 cm³/mol. The average molecular weight is 548 g/mol. The van der Waals surface area contributed by atoms with E-state index in [-0.39, 0.29) is 42.3 Å². The Bertz CT molecular complexity index is 958. The van der Waals surface area contributed by atoms with Gasteiger partial charge in [0.05, 0.1) is 24.8 Å². The van der Waals surface area contributed by atoms with Gasteiger partial charge < -0.3 is 15.0 Å². The number of rotatable bonds is 6. The molecule has 170 valence electrons. The molecule has 0 spiro atoms. The van der Waals surface area contributed by atoms with Crippen molar-refractivity contribution >= 4 is 41.8 Å². The van der Waals surface area contributed by atoms with Crippen LogP contribution < -0.4 is 10.1 Å². The summed E-state index contributed by atoms with van der Waals surface area (Å²) in [4.78, 5) is 33.3. The molecule has 2 heterocycles. The predicted octanol–water partition coefficient (Wildman–Crippen LogP) is 3.36. The Labute approximate surface area is 205 Å². The van der Waals surface area contributed by atoms with Gasteiger partial charge in [-0.2, -0.15) is 0 Å². The number of ether oxygens (including phenoxy) is 1. The van der Waals surface area contributed by atoms with E-state index in [1.165, 1.54) is 10.5 Å². The smallest absolute Gasteiger partial charge is 0.261 e. The number of likely N-dealkylation sites (tertiary alicyclic amines) is 1. The summed E-state index contributed by atoms with van der Waals surface area (Å²) < 4.78 is 5.25. The Balaban J connectivity index is 0.00000289. The summed E-state index contributed by atoms with van der Waals surface area (Å²) in [5.41, 5.74) is 2.25. The van der Waals surface area contributed by atoms with Crippen molar-refractivity contribution in [1.29, 1.82) is 0 Å². The summed E-state index contributed by atoms with van der Waals surface area (Å²) in [6.45, 7) is 5.24. The minimum absolute atomic E-state index is 0. The largest absolute Gasteiger partial charge is 0.497 e. The monoisotopic (exact) mass is 548 g/mol. The molecule has 2 aliphatic rings. The Kier molecular flexibility index (Phi) is 8.11. The van der Waals surface area contributed by atoms with Crippen LogP contribution in [0.25, 0.3) is 0 Å². The number of benzene rings is 2. The van der Waals surface area contributed by atoms with Crippen LogP contribution in [0.5, 0.6) is 5.75 Å². The van der Waals surface area contributed by atoms with E-state index >= 15 is 0 Å². The molecule has 0 radical (unpaired) electrons. The maximum Gasteiger partial charge on any atom is 0.261 e. The summed E-state index contributed by atoms with van der Waals surface area (Å²) in [6.07, 6.45) is 1.05. The van der Waals surface area contributed by atoms with Crippen LogP contribution in [0.3, 0.4) is 0 Å². The first-order valence-corrected chi connectivity index (χ1v) is 10.7. The quantitative estimate of drug-likeness (QED) is 0.260. The Morgan fingerprint density at radius 2 is 1.75 bits per heavy atom. The molecule has 1 saturated heterocycles. The minimum Gasteiger partial charge on any atom is -0.497 e. The van der Waals surface area contributed by atoms with Crippen LogP contribution in [0.1, 0.15) is 45.5 Å².